The molecule has 17 heavy (non-hydrogen) atoms. The lowest BCUT2D eigenvalue weighted by Crippen LogP contribution is -2.10. The molecule has 2 aromatic carbocycles. The second kappa shape index (κ2) is 5.44. The highest BCUT2D eigenvalue weighted by Gasteiger charge is 2.01. The number of benzene rings is 2. The van der Waals surface area contributed by atoms with Gasteiger partial charge in [-0.3, -0.25) is 0 Å². The molecule has 0 amide bonds. The van der Waals surface area contributed by atoms with Gasteiger partial charge in [0.05, 0.1) is 0 Å². The normalized spacial score (nSPS) is 9.76. The van der Waals surface area contributed by atoms with Crippen LogP contribution in [0.4, 0.5) is 0 Å². The molecule has 0 heterocycles. The zero-order valence-corrected chi connectivity index (χ0v) is 10.0. The molecule has 0 unspecified atom stereocenters. The van der Waals surface area contributed by atoms with Crippen LogP contribution in [0.25, 0.3) is 0 Å². The SMILES string of the molecule is Cc1cccc(O[B]Oc2cccc(C)c2)c1. The standard InChI is InChI=1S/C14H14BO2/c1-11-5-3-7-13(9-11)16-15-17-14-8-4-6-12(2)10-14/h3-10H,1-2H3. The molecule has 1 radical (unpaired) electrons. The number of hydrogen-bond donors (Lipinski definition) is 0. The molecule has 0 atom stereocenters. The molecule has 0 aliphatic carbocycles. The predicted molar refractivity (Wildman–Crippen MR) is 69.4 cm³/mol. The smallest absolute Gasteiger partial charge is 0.526 e. The largest absolute Gasteiger partial charge is 0.658 e. The molecule has 0 spiro atoms. The highest BCUT2D eigenvalue weighted by Crippen LogP contribution is 2.14. The first-order chi connectivity index (χ1) is 8.24. The van der Waals surface area contributed by atoms with Crippen LogP contribution in [-0.2, 0) is 0 Å². The van der Waals surface area contributed by atoms with E-state index in [1.165, 1.54) is 7.69 Å². The minimum absolute atomic E-state index is 0.776. The summed E-state index contributed by atoms with van der Waals surface area (Å²) in [5, 5.41) is 0. The van der Waals surface area contributed by atoms with E-state index in [1.807, 2.05) is 62.4 Å². The van der Waals surface area contributed by atoms with Gasteiger partial charge in [0.15, 0.2) is 0 Å². The molecule has 3 heteroatoms. The molecule has 0 saturated heterocycles. The molecular formula is C14H14BO2. The van der Waals surface area contributed by atoms with Gasteiger partial charge in [-0.15, -0.1) is 0 Å². The average molecular weight is 225 g/mol. The van der Waals surface area contributed by atoms with E-state index in [0.717, 1.165) is 22.6 Å². The first kappa shape index (κ1) is 11.6. The molecule has 2 rings (SSSR count). The Balaban J connectivity index is 1.87. The Kier molecular flexibility index (Phi) is 3.71. The second-order valence-corrected chi connectivity index (χ2v) is 3.96. The van der Waals surface area contributed by atoms with Crippen LogP contribution in [0.3, 0.4) is 0 Å². The predicted octanol–water partition coefficient (Wildman–Crippen LogP) is 3.30. The summed E-state index contributed by atoms with van der Waals surface area (Å²) in [7, 11) is 1.35. The van der Waals surface area contributed by atoms with E-state index in [-0.39, 0.29) is 0 Å². The molecule has 0 saturated carbocycles. The van der Waals surface area contributed by atoms with Gasteiger partial charge in [0.1, 0.15) is 11.5 Å². The third-order valence-electron chi connectivity index (χ3n) is 2.35. The van der Waals surface area contributed by atoms with Gasteiger partial charge in [0, 0.05) is 0 Å². The zero-order valence-electron chi connectivity index (χ0n) is 10.0. The molecule has 0 aliphatic heterocycles. The molecule has 2 aromatic rings. The summed E-state index contributed by atoms with van der Waals surface area (Å²) >= 11 is 0. The molecule has 0 bridgehead atoms. The Morgan fingerprint density at radius 2 is 1.24 bits per heavy atom. The minimum atomic E-state index is 0.776. The fourth-order valence-corrected chi connectivity index (χ4v) is 1.51. The summed E-state index contributed by atoms with van der Waals surface area (Å²) in [5.74, 6) is 1.55. The van der Waals surface area contributed by atoms with Gasteiger partial charge in [-0.25, -0.2) is 0 Å². The highest BCUT2D eigenvalue weighted by atomic mass is 16.6. The number of rotatable bonds is 4. The van der Waals surface area contributed by atoms with Crippen molar-refractivity contribution in [3.05, 3.63) is 59.7 Å². The Labute approximate surface area is 103 Å². The zero-order chi connectivity index (χ0) is 12.1. The van der Waals surface area contributed by atoms with Crippen molar-refractivity contribution >= 4 is 7.69 Å². The summed E-state index contributed by atoms with van der Waals surface area (Å²) in [6.45, 7) is 4.04. The van der Waals surface area contributed by atoms with Crippen molar-refractivity contribution in [3.8, 4) is 11.5 Å². The van der Waals surface area contributed by atoms with Crippen LogP contribution in [0.2, 0.25) is 0 Å². The lowest BCUT2D eigenvalue weighted by atomic mass is 10.2. The van der Waals surface area contributed by atoms with Crippen LogP contribution in [0.15, 0.2) is 48.5 Å². The maximum Gasteiger partial charge on any atom is 0.658 e. The van der Waals surface area contributed by atoms with E-state index in [0.29, 0.717) is 0 Å². The highest BCUT2D eigenvalue weighted by molar-refractivity contribution is 6.20. The number of hydrogen-bond acceptors (Lipinski definition) is 2. The molecule has 0 aromatic heterocycles. The molecule has 85 valence electrons. The first-order valence-electron chi connectivity index (χ1n) is 5.52. The molecule has 0 fully saturated rings. The molecular weight excluding hydrogens is 211 g/mol. The van der Waals surface area contributed by atoms with Crippen LogP contribution in [0, 0.1) is 13.8 Å². The van der Waals surface area contributed by atoms with E-state index in [4.69, 9.17) is 9.31 Å². The van der Waals surface area contributed by atoms with Crippen molar-refractivity contribution in [2.24, 2.45) is 0 Å². The van der Waals surface area contributed by atoms with Crippen molar-refractivity contribution in [2.45, 2.75) is 13.8 Å². The summed E-state index contributed by atoms with van der Waals surface area (Å²) < 4.78 is 10.8. The van der Waals surface area contributed by atoms with Gasteiger partial charge in [-0.1, -0.05) is 24.3 Å². The lowest BCUT2D eigenvalue weighted by molar-refractivity contribution is 0.458. The second-order valence-electron chi connectivity index (χ2n) is 3.96. The summed E-state index contributed by atoms with van der Waals surface area (Å²) in [5.41, 5.74) is 2.32. The summed E-state index contributed by atoms with van der Waals surface area (Å²) in [4.78, 5) is 0. The molecule has 0 N–H and O–H groups in total. The van der Waals surface area contributed by atoms with Gasteiger partial charge >= 0.3 is 7.69 Å². The van der Waals surface area contributed by atoms with Crippen LogP contribution in [0.1, 0.15) is 11.1 Å². The van der Waals surface area contributed by atoms with Gasteiger partial charge in [0.25, 0.3) is 0 Å². The van der Waals surface area contributed by atoms with E-state index in [1.54, 1.807) is 0 Å². The Morgan fingerprint density at radius 3 is 1.65 bits per heavy atom. The van der Waals surface area contributed by atoms with Crippen LogP contribution >= 0.6 is 0 Å². The van der Waals surface area contributed by atoms with Gasteiger partial charge in [0.2, 0.25) is 0 Å². The van der Waals surface area contributed by atoms with Crippen molar-refractivity contribution in [1.82, 2.24) is 0 Å². The maximum absolute atomic E-state index is 5.38. The Bertz CT molecular complexity index is 452. The van der Waals surface area contributed by atoms with Crippen molar-refractivity contribution in [1.29, 1.82) is 0 Å². The van der Waals surface area contributed by atoms with E-state index in [9.17, 15) is 0 Å². The molecule has 2 nitrogen and oxygen atoms in total. The Hall–Kier alpha value is -1.90. The fourth-order valence-electron chi connectivity index (χ4n) is 1.51. The van der Waals surface area contributed by atoms with E-state index in [2.05, 4.69) is 0 Å². The van der Waals surface area contributed by atoms with Gasteiger partial charge in [-0.2, -0.15) is 0 Å². The lowest BCUT2D eigenvalue weighted by Gasteiger charge is -2.07. The van der Waals surface area contributed by atoms with Crippen LogP contribution < -0.4 is 9.31 Å². The van der Waals surface area contributed by atoms with Gasteiger partial charge in [-0.05, 0) is 49.2 Å². The van der Waals surface area contributed by atoms with Gasteiger partial charge < -0.3 is 9.31 Å². The van der Waals surface area contributed by atoms with Crippen molar-refractivity contribution in [2.75, 3.05) is 0 Å². The van der Waals surface area contributed by atoms with Crippen LogP contribution in [0.5, 0.6) is 11.5 Å². The average Bonchev–Trinajstić information content (AvgIpc) is 2.29. The quantitative estimate of drug-likeness (QED) is 0.743. The van der Waals surface area contributed by atoms with E-state index >= 15 is 0 Å². The summed E-state index contributed by atoms with van der Waals surface area (Å²) in [6.07, 6.45) is 0. The topological polar surface area (TPSA) is 18.5 Å². The minimum Gasteiger partial charge on any atom is -0.526 e. The number of aryl methyl sites for hydroxylation is 2. The van der Waals surface area contributed by atoms with Crippen molar-refractivity contribution < 1.29 is 9.31 Å². The first-order valence-corrected chi connectivity index (χ1v) is 5.52. The molecule has 0 aliphatic rings. The fraction of sp³-hybridized carbons (Fsp3) is 0.143. The summed E-state index contributed by atoms with van der Waals surface area (Å²) in [6, 6.07) is 15.6. The maximum atomic E-state index is 5.38. The Morgan fingerprint density at radius 1 is 0.765 bits per heavy atom. The van der Waals surface area contributed by atoms with E-state index < -0.39 is 0 Å². The monoisotopic (exact) mass is 225 g/mol. The van der Waals surface area contributed by atoms with Crippen molar-refractivity contribution in [3.63, 3.8) is 0 Å². The third kappa shape index (κ3) is 3.56. The van der Waals surface area contributed by atoms with Crippen LogP contribution in [-0.4, -0.2) is 7.69 Å². The third-order valence-corrected chi connectivity index (χ3v) is 2.35.